The molecule has 0 spiro atoms. The first kappa shape index (κ1) is 23.3. The Hall–Kier alpha value is -4.48. The van der Waals surface area contributed by atoms with E-state index >= 15 is 0 Å². The number of fused-ring (bicyclic) bond motifs is 1. The maximum absolute atomic E-state index is 13.2. The van der Waals surface area contributed by atoms with Crippen LogP contribution in [0, 0.1) is 5.82 Å². The van der Waals surface area contributed by atoms with Crippen molar-refractivity contribution in [1.29, 1.82) is 0 Å². The number of hydrogen-bond donors (Lipinski definition) is 2. The summed E-state index contributed by atoms with van der Waals surface area (Å²) in [5, 5.41) is 5.13. The standard InChI is InChI=1S/C24H17F4N5O3/c25-15-3-7-17(8-4-15)32-12-13(9-20(32)34)19-10-21(35)33-22(31-19)18(11-29-33)23(36)30-16-5-1-14(2-6-16)24(26,27)28/h1-8,10-11,13,29H,9,12H2,(H,30,36)/t13-/m0/s1. The van der Waals surface area contributed by atoms with Gasteiger partial charge in [0, 0.05) is 42.5 Å². The van der Waals surface area contributed by atoms with Crippen LogP contribution in [0.1, 0.15) is 34.0 Å². The summed E-state index contributed by atoms with van der Waals surface area (Å²) in [5.41, 5.74) is -0.408. The molecule has 2 amide bonds. The molecule has 1 aliphatic heterocycles. The van der Waals surface area contributed by atoms with Gasteiger partial charge in [-0.05, 0) is 48.5 Å². The van der Waals surface area contributed by atoms with Gasteiger partial charge in [-0.25, -0.2) is 13.9 Å². The molecule has 2 aromatic carbocycles. The highest BCUT2D eigenvalue weighted by atomic mass is 19.4. The molecule has 8 nitrogen and oxygen atoms in total. The zero-order valence-corrected chi connectivity index (χ0v) is 18.3. The van der Waals surface area contributed by atoms with Crippen LogP contribution < -0.4 is 15.8 Å². The lowest BCUT2D eigenvalue weighted by atomic mass is 10.0. The molecule has 2 N–H and O–H groups in total. The number of rotatable bonds is 4. The lowest BCUT2D eigenvalue weighted by Crippen LogP contribution is -2.24. The number of nitrogens with zero attached hydrogens (tertiary/aromatic N) is 3. The van der Waals surface area contributed by atoms with E-state index in [0.717, 1.165) is 28.8 Å². The van der Waals surface area contributed by atoms with E-state index in [1.165, 1.54) is 41.4 Å². The maximum atomic E-state index is 13.2. The van der Waals surface area contributed by atoms with E-state index in [2.05, 4.69) is 15.4 Å². The smallest absolute Gasteiger partial charge is 0.322 e. The van der Waals surface area contributed by atoms with Gasteiger partial charge in [0.25, 0.3) is 11.5 Å². The summed E-state index contributed by atoms with van der Waals surface area (Å²) in [6, 6.07) is 10.7. The summed E-state index contributed by atoms with van der Waals surface area (Å²) in [5.74, 6) is -1.78. The number of H-pyrrole nitrogens is 1. The first-order chi connectivity index (χ1) is 17.1. The highest BCUT2D eigenvalue weighted by Crippen LogP contribution is 2.32. The number of hydrogen-bond acceptors (Lipinski definition) is 4. The second-order valence-corrected chi connectivity index (χ2v) is 8.28. The molecule has 0 unspecified atom stereocenters. The van der Waals surface area contributed by atoms with Crippen LogP contribution in [-0.2, 0) is 11.0 Å². The molecule has 0 radical (unpaired) electrons. The highest BCUT2D eigenvalue weighted by Gasteiger charge is 2.33. The monoisotopic (exact) mass is 499 g/mol. The van der Waals surface area contributed by atoms with Gasteiger partial charge in [-0.3, -0.25) is 19.5 Å². The van der Waals surface area contributed by atoms with Crippen LogP contribution in [0.2, 0.25) is 0 Å². The fourth-order valence-corrected chi connectivity index (χ4v) is 4.09. The highest BCUT2D eigenvalue weighted by molar-refractivity contribution is 6.08. The van der Waals surface area contributed by atoms with Crippen molar-refractivity contribution in [1.82, 2.24) is 14.6 Å². The Balaban J connectivity index is 1.41. The van der Waals surface area contributed by atoms with Gasteiger partial charge in [-0.1, -0.05) is 0 Å². The van der Waals surface area contributed by atoms with E-state index in [9.17, 15) is 31.9 Å². The van der Waals surface area contributed by atoms with Crippen LogP contribution in [0.15, 0.2) is 65.6 Å². The summed E-state index contributed by atoms with van der Waals surface area (Å²) in [6.45, 7) is 0.213. The predicted octanol–water partition coefficient (Wildman–Crippen LogP) is 3.95. The molecule has 3 heterocycles. The lowest BCUT2D eigenvalue weighted by molar-refractivity contribution is -0.137. The van der Waals surface area contributed by atoms with Crippen LogP contribution in [-0.4, -0.2) is 33.0 Å². The number of halogens is 4. The van der Waals surface area contributed by atoms with Crippen molar-refractivity contribution in [2.45, 2.75) is 18.5 Å². The topological polar surface area (TPSA) is 99.6 Å². The molecule has 1 aliphatic rings. The zero-order valence-electron chi connectivity index (χ0n) is 18.3. The first-order valence-corrected chi connectivity index (χ1v) is 10.8. The Kier molecular flexibility index (Phi) is 5.58. The molecule has 0 aliphatic carbocycles. The van der Waals surface area contributed by atoms with E-state index in [0.29, 0.717) is 11.4 Å². The van der Waals surface area contributed by atoms with Crippen LogP contribution in [0.4, 0.5) is 28.9 Å². The summed E-state index contributed by atoms with van der Waals surface area (Å²) in [6.07, 6.45) is -3.18. The molecule has 1 atom stereocenters. The third kappa shape index (κ3) is 4.32. The molecule has 12 heteroatoms. The van der Waals surface area contributed by atoms with Crippen LogP contribution in [0.25, 0.3) is 5.65 Å². The molecule has 0 bridgehead atoms. The van der Waals surface area contributed by atoms with Crippen molar-refractivity contribution in [2.75, 3.05) is 16.8 Å². The number of nitrogens with one attached hydrogen (secondary N) is 2. The lowest BCUT2D eigenvalue weighted by Gasteiger charge is -2.16. The predicted molar refractivity (Wildman–Crippen MR) is 121 cm³/mol. The fourth-order valence-electron chi connectivity index (χ4n) is 4.09. The minimum absolute atomic E-state index is 0.00596. The second kappa shape index (κ2) is 8.63. The zero-order chi connectivity index (χ0) is 25.6. The molecular weight excluding hydrogens is 482 g/mol. The molecule has 4 aromatic rings. The van der Waals surface area contributed by atoms with Crippen LogP contribution in [0.3, 0.4) is 0 Å². The summed E-state index contributed by atoms with van der Waals surface area (Å²) in [7, 11) is 0. The molecular formula is C24H17F4N5O3. The van der Waals surface area contributed by atoms with Crippen LogP contribution in [0.5, 0.6) is 0 Å². The Morgan fingerprint density at radius 3 is 2.42 bits per heavy atom. The quantitative estimate of drug-likeness (QED) is 0.416. The third-order valence-corrected chi connectivity index (χ3v) is 5.91. The molecule has 2 aromatic heterocycles. The van der Waals surface area contributed by atoms with Crippen molar-refractivity contribution >= 4 is 28.8 Å². The number of aromatic nitrogens is 3. The van der Waals surface area contributed by atoms with Gasteiger partial charge >= 0.3 is 6.18 Å². The number of alkyl halides is 3. The van der Waals surface area contributed by atoms with Gasteiger partial charge in [0.05, 0.1) is 11.3 Å². The third-order valence-electron chi connectivity index (χ3n) is 5.91. The van der Waals surface area contributed by atoms with Crippen molar-refractivity contribution in [2.24, 2.45) is 0 Å². The van der Waals surface area contributed by atoms with E-state index < -0.39 is 34.9 Å². The molecule has 1 saturated heterocycles. The van der Waals surface area contributed by atoms with E-state index in [-0.39, 0.29) is 35.8 Å². The Morgan fingerprint density at radius 2 is 1.75 bits per heavy atom. The number of anilines is 2. The van der Waals surface area contributed by atoms with Gasteiger partial charge in [0.2, 0.25) is 5.91 Å². The van der Waals surface area contributed by atoms with Gasteiger partial charge < -0.3 is 10.2 Å². The average molecular weight is 499 g/mol. The molecule has 0 saturated carbocycles. The van der Waals surface area contributed by atoms with Crippen LogP contribution >= 0.6 is 0 Å². The van der Waals surface area contributed by atoms with Crippen molar-refractivity contribution in [3.05, 3.63) is 93.8 Å². The number of carbonyl (C=O) groups is 2. The molecule has 36 heavy (non-hydrogen) atoms. The number of benzene rings is 2. The van der Waals surface area contributed by atoms with Crippen molar-refractivity contribution in [3.63, 3.8) is 0 Å². The Bertz CT molecular complexity index is 1520. The molecule has 5 rings (SSSR count). The Morgan fingerprint density at radius 1 is 1.06 bits per heavy atom. The van der Waals surface area contributed by atoms with Gasteiger partial charge in [0.1, 0.15) is 11.4 Å². The van der Waals surface area contributed by atoms with Crippen molar-refractivity contribution in [3.8, 4) is 0 Å². The Labute approximate surface area is 200 Å². The summed E-state index contributed by atoms with van der Waals surface area (Å²) >= 11 is 0. The van der Waals surface area contributed by atoms with E-state index in [1.54, 1.807) is 0 Å². The van der Waals surface area contributed by atoms with Gasteiger partial charge in [-0.2, -0.15) is 13.2 Å². The number of carbonyl (C=O) groups excluding carboxylic acids is 2. The minimum atomic E-state index is -4.51. The average Bonchev–Trinajstić information content (AvgIpc) is 3.43. The summed E-state index contributed by atoms with van der Waals surface area (Å²) < 4.78 is 52.6. The first-order valence-electron chi connectivity index (χ1n) is 10.8. The SMILES string of the molecule is O=C(Nc1ccc(C(F)(F)F)cc1)c1c[nH]n2c(=O)cc([C@H]3CC(=O)N(c4ccc(F)cc4)C3)nc12. The fraction of sp³-hybridized carbons (Fsp3) is 0.167. The molecule has 184 valence electrons. The second-order valence-electron chi connectivity index (χ2n) is 8.28. The minimum Gasteiger partial charge on any atom is -0.322 e. The van der Waals surface area contributed by atoms with Crippen molar-refractivity contribution < 1.29 is 27.2 Å². The largest absolute Gasteiger partial charge is 0.416 e. The van der Waals surface area contributed by atoms with E-state index in [1.807, 2.05) is 0 Å². The summed E-state index contributed by atoms with van der Waals surface area (Å²) in [4.78, 5) is 44.0. The van der Waals surface area contributed by atoms with E-state index in [4.69, 9.17) is 0 Å². The van der Waals surface area contributed by atoms with Gasteiger partial charge in [-0.15, -0.1) is 0 Å². The normalized spacial score (nSPS) is 16.1. The molecule has 1 fully saturated rings. The number of amides is 2. The number of aromatic amines is 1. The maximum Gasteiger partial charge on any atom is 0.416 e. The van der Waals surface area contributed by atoms with Gasteiger partial charge in [0.15, 0.2) is 5.65 Å².